The molecule has 0 aromatic heterocycles. The summed E-state index contributed by atoms with van der Waals surface area (Å²) in [6.07, 6.45) is 66.1. The second-order valence-corrected chi connectivity index (χ2v) is 21.3. The Morgan fingerprint density at radius 1 is 0.235 bits per heavy atom. The first kappa shape index (κ1) is 66.4. The predicted molar refractivity (Wildman–Crippen MR) is 294 cm³/mol. The molecule has 0 rings (SSSR count). The van der Waals surface area contributed by atoms with Crippen molar-refractivity contribution in [1.29, 1.82) is 0 Å². The summed E-state index contributed by atoms with van der Waals surface area (Å²) in [4.78, 5) is 37.7. The third kappa shape index (κ3) is 55.3. The fourth-order valence-electron chi connectivity index (χ4n) is 9.68. The van der Waals surface area contributed by atoms with Crippen molar-refractivity contribution in [3.8, 4) is 0 Å². The molecule has 6 nitrogen and oxygen atoms in total. The van der Waals surface area contributed by atoms with Gasteiger partial charge in [0, 0.05) is 19.3 Å². The first-order chi connectivity index (χ1) is 33.5. The van der Waals surface area contributed by atoms with Gasteiger partial charge in [-0.05, 0) is 19.3 Å². The maximum absolute atomic E-state index is 12.7. The standard InChI is InChI=1S/C62H120O6/c1-4-7-10-13-15-17-19-21-22-23-24-25-26-27-28-29-30-31-32-33-34-35-36-37-38-39-41-42-44-46-49-52-55-61(64)67-58-59(57-66-60(63)54-51-48-12-9-6-3)68-62(65)56-53-50-47-45-43-40-20-18-16-14-11-8-5-2/h59H,4-58H2,1-3H3. The molecule has 1 unspecified atom stereocenters. The first-order valence-corrected chi connectivity index (χ1v) is 31.0. The maximum Gasteiger partial charge on any atom is 0.306 e. The second-order valence-electron chi connectivity index (χ2n) is 21.3. The molecule has 0 fully saturated rings. The fraction of sp³-hybridized carbons (Fsp3) is 0.952. The molecule has 404 valence electrons. The second kappa shape index (κ2) is 58.0. The molecular weight excluding hydrogens is 841 g/mol. The Bertz CT molecular complexity index is 1010. The molecule has 0 aliphatic rings. The Labute approximate surface area is 425 Å². The third-order valence-electron chi connectivity index (χ3n) is 14.4. The van der Waals surface area contributed by atoms with Crippen molar-refractivity contribution >= 4 is 17.9 Å². The molecule has 0 aliphatic heterocycles. The predicted octanol–water partition coefficient (Wildman–Crippen LogP) is 20.7. The summed E-state index contributed by atoms with van der Waals surface area (Å²) in [5.41, 5.74) is 0. The van der Waals surface area contributed by atoms with Gasteiger partial charge >= 0.3 is 17.9 Å². The molecule has 0 saturated carbocycles. The Balaban J connectivity index is 3.82. The van der Waals surface area contributed by atoms with E-state index in [4.69, 9.17) is 14.2 Å². The van der Waals surface area contributed by atoms with Gasteiger partial charge in [-0.25, -0.2) is 0 Å². The summed E-state index contributed by atoms with van der Waals surface area (Å²) >= 11 is 0. The van der Waals surface area contributed by atoms with Crippen LogP contribution in [0.15, 0.2) is 0 Å². The fourth-order valence-corrected chi connectivity index (χ4v) is 9.68. The van der Waals surface area contributed by atoms with E-state index in [2.05, 4.69) is 20.8 Å². The lowest BCUT2D eigenvalue weighted by Crippen LogP contribution is -2.30. The van der Waals surface area contributed by atoms with Crippen LogP contribution in [0.25, 0.3) is 0 Å². The molecule has 0 aromatic carbocycles. The van der Waals surface area contributed by atoms with E-state index in [1.807, 2.05) is 0 Å². The van der Waals surface area contributed by atoms with Gasteiger partial charge in [0.05, 0.1) is 0 Å². The SMILES string of the molecule is CCCCCCCCCCCCCCCCCCCCCCCCCCCCCCCCCCC(=O)OCC(COC(=O)CCCCCCC)OC(=O)CCCCCCCCCCCCCCC. The van der Waals surface area contributed by atoms with Gasteiger partial charge in [-0.1, -0.05) is 323 Å². The number of carbonyl (C=O) groups is 3. The number of unbranched alkanes of at least 4 members (excludes halogenated alkanes) is 47. The van der Waals surface area contributed by atoms with E-state index >= 15 is 0 Å². The lowest BCUT2D eigenvalue weighted by Gasteiger charge is -2.18. The van der Waals surface area contributed by atoms with E-state index in [0.29, 0.717) is 19.3 Å². The van der Waals surface area contributed by atoms with Crippen LogP contribution in [0.5, 0.6) is 0 Å². The summed E-state index contributed by atoms with van der Waals surface area (Å²) in [5.74, 6) is -0.854. The average molecular weight is 962 g/mol. The van der Waals surface area contributed by atoms with Crippen LogP contribution in [0.3, 0.4) is 0 Å². The molecule has 0 aromatic rings. The van der Waals surface area contributed by atoms with Crippen LogP contribution < -0.4 is 0 Å². The summed E-state index contributed by atoms with van der Waals surface area (Å²) < 4.78 is 16.7. The van der Waals surface area contributed by atoms with Gasteiger partial charge in [-0.3, -0.25) is 14.4 Å². The van der Waals surface area contributed by atoms with Gasteiger partial charge in [0.1, 0.15) is 13.2 Å². The Kier molecular flexibility index (Phi) is 56.6. The molecule has 0 bridgehead atoms. The zero-order valence-electron chi connectivity index (χ0n) is 46.4. The molecule has 0 amide bonds. The van der Waals surface area contributed by atoms with E-state index in [1.54, 1.807) is 0 Å². The molecule has 6 heteroatoms. The minimum atomic E-state index is -0.759. The number of rotatable bonds is 58. The van der Waals surface area contributed by atoms with Crippen LogP contribution in [0.4, 0.5) is 0 Å². The van der Waals surface area contributed by atoms with Crippen LogP contribution in [0, 0.1) is 0 Å². The maximum atomic E-state index is 12.7. The van der Waals surface area contributed by atoms with Crippen LogP contribution in [0.2, 0.25) is 0 Å². The number of hydrogen-bond acceptors (Lipinski definition) is 6. The van der Waals surface area contributed by atoms with E-state index in [-0.39, 0.29) is 31.1 Å². The van der Waals surface area contributed by atoms with Gasteiger partial charge in [0.15, 0.2) is 6.10 Å². The van der Waals surface area contributed by atoms with Crippen molar-refractivity contribution in [1.82, 2.24) is 0 Å². The first-order valence-electron chi connectivity index (χ1n) is 31.0. The van der Waals surface area contributed by atoms with Crippen molar-refractivity contribution < 1.29 is 28.6 Å². The van der Waals surface area contributed by atoms with E-state index in [9.17, 15) is 14.4 Å². The van der Waals surface area contributed by atoms with Gasteiger partial charge < -0.3 is 14.2 Å². The highest BCUT2D eigenvalue weighted by Crippen LogP contribution is 2.18. The zero-order valence-corrected chi connectivity index (χ0v) is 46.4. The minimum Gasteiger partial charge on any atom is -0.462 e. The van der Waals surface area contributed by atoms with E-state index in [1.165, 1.54) is 257 Å². The highest BCUT2D eigenvalue weighted by atomic mass is 16.6. The summed E-state index contributed by atoms with van der Waals surface area (Å²) in [7, 11) is 0. The molecule has 0 radical (unpaired) electrons. The van der Waals surface area contributed by atoms with Crippen molar-refractivity contribution in [2.75, 3.05) is 13.2 Å². The largest absolute Gasteiger partial charge is 0.462 e. The van der Waals surface area contributed by atoms with Crippen molar-refractivity contribution in [3.05, 3.63) is 0 Å². The number of carbonyl (C=O) groups excluding carboxylic acids is 3. The van der Waals surface area contributed by atoms with Gasteiger partial charge in [0.2, 0.25) is 0 Å². The van der Waals surface area contributed by atoms with Crippen LogP contribution >= 0.6 is 0 Å². The summed E-state index contributed by atoms with van der Waals surface area (Å²) in [6.45, 7) is 6.62. The quantitative estimate of drug-likeness (QED) is 0.0343. The third-order valence-corrected chi connectivity index (χ3v) is 14.4. The average Bonchev–Trinajstić information content (AvgIpc) is 3.34. The van der Waals surface area contributed by atoms with Crippen molar-refractivity contribution in [2.24, 2.45) is 0 Å². The highest BCUT2D eigenvalue weighted by molar-refractivity contribution is 5.71. The molecule has 0 heterocycles. The highest BCUT2D eigenvalue weighted by Gasteiger charge is 2.19. The monoisotopic (exact) mass is 961 g/mol. The van der Waals surface area contributed by atoms with Crippen LogP contribution in [0.1, 0.15) is 361 Å². The van der Waals surface area contributed by atoms with Crippen LogP contribution in [-0.4, -0.2) is 37.2 Å². The van der Waals surface area contributed by atoms with E-state index < -0.39 is 6.10 Å². The van der Waals surface area contributed by atoms with E-state index in [0.717, 1.165) is 64.2 Å². The lowest BCUT2D eigenvalue weighted by molar-refractivity contribution is -0.167. The molecule has 0 spiro atoms. The zero-order chi connectivity index (χ0) is 49.3. The molecule has 0 N–H and O–H groups in total. The molecule has 1 atom stereocenters. The molecule has 68 heavy (non-hydrogen) atoms. The smallest absolute Gasteiger partial charge is 0.306 e. The lowest BCUT2D eigenvalue weighted by atomic mass is 10.0. The number of ether oxygens (including phenoxy) is 3. The Morgan fingerprint density at radius 3 is 0.588 bits per heavy atom. The summed E-state index contributed by atoms with van der Waals surface area (Å²) in [6, 6.07) is 0. The molecular formula is C62H120O6. The van der Waals surface area contributed by atoms with Crippen molar-refractivity contribution in [2.45, 2.75) is 367 Å². The Morgan fingerprint density at radius 2 is 0.397 bits per heavy atom. The molecule has 0 aliphatic carbocycles. The van der Waals surface area contributed by atoms with Crippen molar-refractivity contribution in [3.63, 3.8) is 0 Å². The minimum absolute atomic E-state index is 0.0629. The van der Waals surface area contributed by atoms with Crippen LogP contribution in [-0.2, 0) is 28.6 Å². The van der Waals surface area contributed by atoms with Gasteiger partial charge in [0.25, 0.3) is 0 Å². The topological polar surface area (TPSA) is 78.9 Å². The van der Waals surface area contributed by atoms with Gasteiger partial charge in [-0.2, -0.15) is 0 Å². The number of hydrogen-bond donors (Lipinski definition) is 0. The molecule has 0 saturated heterocycles. The number of esters is 3. The Hall–Kier alpha value is -1.59. The summed E-state index contributed by atoms with van der Waals surface area (Å²) in [5, 5.41) is 0. The van der Waals surface area contributed by atoms with Gasteiger partial charge in [-0.15, -0.1) is 0 Å². The normalized spacial score (nSPS) is 11.9.